The average molecular weight is 199 g/mol. The minimum absolute atomic E-state index is 0.0596. The predicted octanol–water partition coefficient (Wildman–Crippen LogP) is 1.90. The molecule has 1 aromatic rings. The summed E-state index contributed by atoms with van der Waals surface area (Å²) in [5, 5.41) is 0.586. The molecule has 0 bridgehead atoms. The van der Waals surface area contributed by atoms with E-state index in [1.54, 1.807) is 12.3 Å². The minimum Gasteiger partial charge on any atom is -0.356 e. The largest absolute Gasteiger partial charge is 0.356 e. The minimum atomic E-state index is 0.0596. The van der Waals surface area contributed by atoms with Crippen LogP contribution in [-0.4, -0.2) is 28.9 Å². The Balaban J connectivity index is 2.12. The third-order valence-corrected chi connectivity index (χ3v) is 2.49. The first-order chi connectivity index (χ1) is 6.27. The molecule has 0 spiro atoms. The van der Waals surface area contributed by atoms with Crippen molar-refractivity contribution in [1.29, 1.82) is 0 Å². The lowest BCUT2D eigenvalue weighted by Gasteiger charge is -2.13. The number of carbonyl (C=O) groups is 1. The first kappa shape index (κ1) is 8.63. The number of rotatable bonds is 1. The fourth-order valence-corrected chi connectivity index (χ4v) is 1.75. The third-order valence-electron chi connectivity index (χ3n) is 2.27. The molecule has 1 aromatic heterocycles. The Morgan fingerprint density at radius 1 is 1.46 bits per heavy atom. The fourth-order valence-electron chi connectivity index (χ4n) is 1.58. The van der Waals surface area contributed by atoms with Gasteiger partial charge in [0.2, 0.25) is 0 Å². The molecule has 1 fully saturated rings. The number of carbonyl (C=O) groups excluding carboxylic acids is 1. The molecule has 70 valence electrons. The maximum absolute atomic E-state index is 11.7. The van der Waals surface area contributed by atoms with Crippen molar-refractivity contribution in [2.45, 2.75) is 12.8 Å². The maximum atomic E-state index is 11.7. The summed E-state index contributed by atoms with van der Waals surface area (Å²) in [6.45, 7) is 1.74. The molecule has 1 aliphatic heterocycles. The Morgan fingerprint density at radius 3 is 2.69 bits per heavy atom. The highest BCUT2D eigenvalue weighted by molar-refractivity contribution is 6.30. The Kier molecular flexibility index (Phi) is 2.27. The summed E-state index contributed by atoms with van der Waals surface area (Å²) < 4.78 is 0. The normalized spacial score (nSPS) is 16.5. The van der Waals surface area contributed by atoms with Crippen LogP contribution in [0.4, 0.5) is 0 Å². The van der Waals surface area contributed by atoms with Crippen LogP contribution >= 0.6 is 11.6 Å². The van der Waals surface area contributed by atoms with Gasteiger partial charge in [-0.15, -0.1) is 0 Å². The summed E-state index contributed by atoms with van der Waals surface area (Å²) in [5.41, 5.74) is 0.590. The van der Waals surface area contributed by atoms with E-state index in [-0.39, 0.29) is 5.91 Å². The second-order valence-corrected chi connectivity index (χ2v) is 3.67. The zero-order valence-electron chi connectivity index (χ0n) is 7.22. The Morgan fingerprint density at radius 2 is 2.15 bits per heavy atom. The SMILES string of the molecule is O=C(c1cc(Cl)c[nH]1)N1CCCC1. The van der Waals surface area contributed by atoms with Gasteiger partial charge in [-0.1, -0.05) is 11.6 Å². The summed E-state index contributed by atoms with van der Waals surface area (Å²) in [6, 6.07) is 1.67. The van der Waals surface area contributed by atoms with Gasteiger partial charge >= 0.3 is 0 Å². The first-order valence-corrected chi connectivity index (χ1v) is 4.78. The lowest BCUT2D eigenvalue weighted by atomic mass is 10.4. The van der Waals surface area contributed by atoms with E-state index in [1.165, 1.54) is 0 Å². The van der Waals surface area contributed by atoms with E-state index in [9.17, 15) is 4.79 Å². The van der Waals surface area contributed by atoms with Crippen molar-refractivity contribution in [2.75, 3.05) is 13.1 Å². The number of amides is 1. The smallest absolute Gasteiger partial charge is 0.270 e. The van der Waals surface area contributed by atoms with Crippen LogP contribution in [0.3, 0.4) is 0 Å². The topological polar surface area (TPSA) is 36.1 Å². The Labute approximate surface area is 81.7 Å². The lowest BCUT2D eigenvalue weighted by Crippen LogP contribution is -2.27. The van der Waals surface area contributed by atoms with Crippen LogP contribution in [0.1, 0.15) is 23.3 Å². The molecule has 1 N–H and O–H groups in total. The van der Waals surface area contributed by atoms with Crippen molar-refractivity contribution >= 4 is 17.5 Å². The second kappa shape index (κ2) is 3.42. The van der Waals surface area contributed by atoms with E-state index in [0.29, 0.717) is 10.7 Å². The number of likely N-dealkylation sites (tertiary alicyclic amines) is 1. The summed E-state index contributed by atoms with van der Waals surface area (Å²) in [5.74, 6) is 0.0596. The highest BCUT2D eigenvalue weighted by Crippen LogP contribution is 2.15. The average Bonchev–Trinajstić information content (AvgIpc) is 2.72. The highest BCUT2D eigenvalue weighted by Gasteiger charge is 2.20. The van der Waals surface area contributed by atoms with Crippen LogP contribution in [0.15, 0.2) is 12.3 Å². The van der Waals surface area contributed by atoms with Gasteiger partial charge in [0.15, 0.2) is 0 Å². The molecule has 1 amide bonds. The molecule has 3 nitrogen and oxygen atoms in total. The standard InChI is InChI=1S/C9H11ClN2O/c10-7-5-8(11-6-7)9(13)12-3-1-2-4-12/h5-6,11H,1-4H2. The molecule has 4 heteroatoms. The molecular weight excluding hydrogens is 188 g/mol. The number of nitrogens with zero attached hydrogens (tertiary/aromatic N) is 1. The van der Waals surface area contributed by atoms with Crippen molar-refractivity contribution in [2.24, 2.45) is 0 Å². The van der Waals surface area contributed by atoms with Gasteiger partial charge in [-0.05, 0) is 18.9 Å². The van der Waals surface area contributed by atoms with Gasteiger partial charge < -0.3 is 9.88 Å². The molecular formula is C9H11ClN2O. The molecule has 13 heavy (non-hydrogen) atoms. The van der Waals surface area contributed by atoms with Gasteiger partial charge in [0.25, 0.3) is 5.91 Å². The molecule has 0 aliphatic carbocycles. The van der Waals surface area contributed by atoms with E-state index >= 15 is 0 Å². The highest BCUT2D eigenvalue weighted by atomic mass is 35.5. The van der Waals surface area contributed by atoms with E-state index < -0.39 is 0 Å². The molecule has 1 saturated heterocycles. The number of H-pyrrole nitrogens is 1. The van der Waals surface area contributed by atoms with Gasteiger partial charge in [0.05, 0.1) is 5.02 Å². The van der Waals surface area contributed by atoms with E-state index in [1.807, 2.05) is 4.90 Å². The van der Waals surface area contributed by atoms with E-state index in [4.69, 9.17) is 11.6 Å². The predicted molar refractivity (Wildman–Crippen MR) is 50.9 cm³/mol. The van der Waals surface area contributed by atoms with Gasteiger partial charge in [0.1, 0.15) is 5.69 Å². The zero-order chi connectivity index (χ0) is 9.26. The number of nitrogens with one attached hydrogen (secondary N) is 1. The summed E-state index contributed by atoms with van der Waals surface area (Å²) in [7, 11) is 0. The molecule has 0 radical (unpaired) electrons. The molecule has 0 aromatic carbocycles. The number of hydrogen-bond acceptors (Lipinski definition) is 1. The summed E-state index contributed by atoms with van der Waals surface area (Å²) in [6.07, 6.45) is 3.85. The monoisotopic (exact) mass is 198 g/mol. The number of aromatic amines is 1. The quantitative estimate of drug-likeness (QED) is 0.735. The number of aromatic nitrogens is 1. The molecule has 2 rings (SSSR count). The van der Waals surface area contributed by atoms with Crippen LogP contribution in [0.25, 0.3) is 0 Å². The van der Waals surface area contributed by atoms with Crippen molar-refractivity contribution < 1.29 is 4.79 Å². The van der Waals surface area contributed by atoms with Crippen molar-refractivity contribution in [1.82, 2.24) is 9.88 Å². The van der Waals surface area contributed by atoms with E-state index in [2.05, 4.69) is 4.98 Å². The molecule has 2 heterocycles. The third kappa shape index (κ3) is 1.70. The summed E-state index contributed by atoms with van der Waals surface area (Å²) in [4.78, 5) is 16.4. The van der Waals surface area contributed by atoms with Gasteiger partial charge in [-0.3, -0.25) is 4.79 Å². The molecule has 1 aliphatic rings. The maximum Gasteiger partial charge on any atom is 0.270 e. The summed E-state index contributed by atoms with van der Waals surface area (Å²) >= 11 is 5.71. The molecule has 0 unspecified atom stereocenters. The Hall–Kier alpha value is -0.960. The van der Waals surface area contributed by atoms with E-state index in [0.717, 1.165) is 25.9 Å². The lowest BCUT2D eigenvalue weighted by molar-refractivity contribution is 0.0788. The van der Waals surface area contributed by atoms with Gasteiger partial charge in [0, 0.05) is 19.3 Å². The van der Waals surface area contributed by atoms with Crippen LogP contribution in [-0.2, 0) is 0 Å². The van der Waals surface area contributed by atoms with Crippen molar-refractivity contribution in [3.63, 3.8) is 0 Å². The van der Waals surface area contributed by atoms with Crippen LogP contribution in [0.5, 0.6) is 0 Å². The Bertz CT molecular complexity index is 315. The number of halogens is 1. The van der Waals surface area contributed by atoms with Crippen molar-refractivity contribution in [3.05, 3.63) is 23.0 Å². The molecule has 0 saturated carbocycles. The number of hydrogen-bond donors (Lipinski definition) is 1. The van der Waals surface area contributed by atoms with Gasteiger partial charge in [-0.2, -0.15) is 0 Å². The molecule has 0 atom stereocenters. The second-order valence-electron chi connectivity index (χ2n) is 3.23. The van der Waals surface area contributed by atoms with Crippen LogP contribution in [0.2, 0.25) is 5.02 Å². The van der Waals surface area contributed by atoms with Crippen LogP contribution in [0, 0.1) is 0 Å². The first-order valence-electron chi connectivity index (χ1n) is 4.40. The van der Waals surface area contributed by atoms with Gasteiger partial charge in [-0.25, -0.2) is 0 Å². The van der Waals surface area contributed by atoms with Crippen LogP contribution < -0.4 is 0 Å². The zero-order valence-corrected chi connectivity index (χ0v) is 7.97. The fraction of sp³-hybridized carbons (Fsp3) is 0.444. The van der Waals surface area contributed by atoms with Crippen molar-refractivity contribution in [3.8, 4) is 0 Å².